The number of hydrogen-bond acceptors (Lipinski definition) is 4. The number of carboxylic acid groups (broad SMARTS) is 1. The summed E-state index contributed by atoms with van der Waals surface area (Å²) in [7, 11) is 1.57. The Morgan fingerprint density at radius 2 is 1.94 bits per heavy atom. The monoisotopic (exact) mass is 471 g/mol. The van der Waals surface area contributed by atoms with E-state index in [2.05, 4.69) is 10.3 Å². The van der Waals surface area contributed by atoms with E-state index in [-0.39, 0.29) is 27.7 Å². The Morgan fingerprint density at radius 3 is 2.59 bits per heavy atom. The maximum Gasteiger partial charge on any atom is 0.412 e. The van der Waals surface area contributed by atoms with Crippen LogP contribution in [-0.2, 0) is 7.05 Å². The molecule has 178 valence electrons. The molecule has 1 atom stereocenters. The van der Waals surface area contributed by atoms with Crippen LogP contribution in [0.4, 0.5) is 18.9 Å². The van der Waals surface area contributed by atoms with Gasteiger partial charge in [0.25, 0.3) is 5.56 Å². The van der Waals surface area contributed by atoms with Crippen molar-refractivity contribution in [2.24, 2.45) is 7.05 Å². The lowest BCUT2D eigenvalue weighted by molar-refractivity contribution is -0.143. The fraction of sp³-hybridized carbons (Fsp3) is 0.320. The first-order valence-corrected chi connectivity index (χ1v) is 10.9. The maximum atomic E-state index is 14.4. The Bertz CT molecular complexity index is 1360. The van der Waals surface area contributed by atoms with E-state index in [9.17, 15) is 27.9 Å². The van der Waals surface area contributed by atoms with Crippen molar-refractivity contribution in [2.45, 2.75) is 44.8 Å². The lowest BCUT2D eigenvalue weighted by Gasteiger charge is -2.26. The smallest absolute Gasteiger partial charge is 0.412 e. The van der Waals surface area contributed by atoms with Gasteiger partial charge >= 0.3 is 12.1 Å². The minimum absolute atomic E-state index is 0.0437. The second kappa shape index (κ2) is 8.96. The second-order valence-corrected chi connectivity index (χ2v) is 8.49. The number of carboxylic acids is 1. The molecule has 2 aromatic carbocycles. The number of hydrogen-bond donors (Lipinski definition) is 2. The van der Waals surface area contributed by atoms with Crippen molar-refractivity contribution in [1.29, 1.82) is 0 Å². The van der Waals surface area contributed by atoms with E-state index in [1.165, 1.54) is 41.0 Å². The summed E-state index contributed by atoms with van der Waals surface area (Å²) < 4.78 is 44.5. The Kier molecular flexibility index (Phi) is 6.20. The lowest BCUT2D eigenvalue weighted by Crippen LogP contribution is -2.30. The molecule has 0 bridgehead atoms. The molecule has 1 aliphatic rings. The predicted octanol–water partition coefficient (Wildman–Crippen LogP) is 5.61. The van der Waals surface area contributed by atoms with Gasteiger partial charge in [0.05, 0.1) is 16.5 Å². The molecule has 4 rings (SSSR count). The normalized spacial score (nSPS) is 15.1. The summed E-state index contributed by atoms with van der Waals surface area (Å²) in [5.74, 6) is -0.995. The number of nitrogens with one attached hydrogen (secondary N) is 1. The molecule has 0 fully saturated rings. The third-order valence-electron chi connectivity index (χ3n) is 6.03. The molecule has 0 amide bonds. The van der Waals surface area contributed by atoms with Gasteiger partial charge in [-0.2, -0.15) is 13.2 Å². The molecular formula is C25H24F3N3O3. The summed E-state index contributed by atoms with van der Waals surface area (Å²) in [5, 5.41) is 11.9. The standard InChI is InChI=1S/C25H24F3N3O3/c1-14-12-17(21(25(26,27)28)29-19-11-7-6-10-16(19)24(33)34)20-18(13-14)23(32)31(2)22(30-20)15-8-4-3-5-9-15/h6-8,10-13,21,29H,3-5,9H2,1-2H3,(H,33,34)/t21-/m0/s1. The van der Waals surface area contributed by atoms with Gasteiger partial charge < -0.3 is 10.4 Å². The van der Waals surface area contributed by atoms with E-state index in [1.807, 2.05) is 6.08 Å². The van der Waals surface area contributed by atoms with Gasteiger partial charge in [-0.25, -0.2) is 9.78 Å². The van der Waals surface area contributed by atoms with Crippen molar-refractivity contribution >= 4 is 28.1 Å². The molecule has 6 nitrogen and oxygen atoms in total. The summed E-state index contributed by atoms with van der Waals surface area (Å²) in [6.07, 6.45) is 0.632. The number of rotatable bonds is 5. The number of halogens is 3. The number of alkyl halides is 3. The molecular weight excluding hydrogens is 447 g/mol. The van der Waals surface area contributed by atoms with Crippen LogP contribution in [0.25, 0.3) is 16.5 Å². The molecule has 3 aromatic rings. The molecule has 1 heterocycles. The molecule has 2 N–H and O–H groups in total. The fourth-order valence-electron chi connectivity index (χ4n) is 4.39. The minimum atomic E-state index is -4.79. The first kappa shape index (κ1) is 23.5. The van der Waals surface area contributed by atoms with Crippen LogP contribution in [0.5, 0.6) is 0 Å². The van der Waals surface area contributed by atoms with Gasteiger partial charge in [0, 0.05) is 18.3 Å². The van der Waals surface area contributed by atoms with Crippen LogP contribution in [0.2, 0.25) is 0 Å². The number of fused-ring (bicyclic) bond motifs is 1. The third kappa shape index (κ3) is 4.42. The first-order valence-electron chi connectivity index (χ1n) is 10.9. The average molecular weight is 471 g/mol. The number of allylic oxidation sites excluding steroid dienone is 2. The van der Waals surface area contributed by atoms with Crippen LogP contribution < -0.4 is 10.9 Å². The highest BCUT2D eigenvalue weighted by Crippen LogP contribution is 2.39. The van der Waals surface area contributed by atoms with Gasteiger partial charge in [-0.15, -0.1) is 0 Å². The molecule has 9 heteroatoms. The summed E-state index contributed by atoms with van der Waals surface area (Å²) >= 11 is 0. The van der Waals surface area contributed by atoms with Crippen molar-refractivity contribution in [3.8, 4) is 0 Å². The van der Waals surface area contributed by atoms with Gasteiger partial charge in [0.2, 0.25) is 0 Å². The largest absolute Gasteiger partial charge is 0.478 e. The van der Waals surface area contributed by atoms with Crippen LogP contribution in [0, 0.1) is 6.92 Å². The van der Waals surface area contributed by atoms with Crippen LogP contribution >= 0.6 is 0 Å². The highest BCUT2D eigenvalue weighted by molar-refractivity contribution is 5.94. The molecule has 0 saturated carbocycles. The zero-order chi connectivity index (χ0) is 24.6. The Balaban J connectivity index is 1.97. The van der Waals surface area contributed by atoms with E-state index in [0.717, 1.165) is 24.8 Å². The molecule has 0 unspecified atom stereocenters. The number of aromatic carboxylic acids is 1. The first-order chi connectivity index (χ1) is 16.1. The molecule has 0 spiro atoms. The van der Waals surface area contributed by atoms with E-state index in [1.54, 1.807) is 14.0 Å². The zero-order valence-electron chi connectivity index (χ0n) is 18.7. The quantitative estimate of drug-likeness (QED) is 0.505. The number of anilines is 1. The summed E-state index contributed by atoms with van der Waals surface area (Å²) in [6, 6.07) is 6.02. The number of para-hydroxylation sites is 1. The highest BCUT2D eigenvalue weighted by atomic mass is 19.4. The number of benzene rings is 2. The summed E-state index contributed by atoms with van der Waals surface area (Å²) in [4.78, 5) is 29.3. The Hall–Kier alpha value is -3.62. The van der Waals surface area contributed by atoms with Crippen molar-refractivity contribution in [3.63, 3.8) is 0 Å². The summed E-state index contributed by atoms with van der Waals surface area (Å²) in [6.45, 7) is 1.61. The topological polar surface area (TPSA) is 84.2 Å². The van der Waals surface area contributed by atoms with Crippen molar-refractivity contribution in [2.75, 3.05) is 5.32 Å². The third-order valence-corrected chi connectivity index (χ3v) is 6.03. The van der Waals surface area contributed by atoms with Crippen LogP contribution in [0.3, 0.4) is 0 Å². The molecule has 0 saturated heterocycles. The minimum Gasteiger partial charge on any atom is -0.478 e. The van der Waals surface area contributed by atoms with E-state index in [0.29, 0.717) is 17.8 Å². The maximum absolute atomic E-state index is 14.4. The molecule has 1 aliphatic carbocycles. The summed E-state index contributed by atoms with van der Waals surface area (Å²) in [5.41, 5.74) is 0.149. The predicted molar refractivity (Wildman–Crippen MR) is 124 cm³/mol. The van der Waals surface area contributed by atoms with Crippen LogP contribution in [0.1, 0.15) is 59.0 Å². The number of aromatic nitrogens is 2. The SMILES string of the molecule is Cc1cc([C@H](Nc2ccccc2C(=O)O)C(F)(F)F)c2nc(C3=CCCCC3)n(C)c(=O)c2c1. The Morgan fingerprint density at radius 1 is 1.21 bits per heavy atom. The number of aryl methyl sites for hydroxylation is 1. The lowest BCUT2D eigenvalue weighted by atomic mass is 9.97. The van der Waals surface area contributed by atoms with Gasteiger partial charge in [0.15, 0.2) is 6.04 Å². The van der Waals surface area contributed by atoms with Gasteiger partial charge in [-0.05, 0) is 61.9 Å². The number of nitrogens with zero attached hydrogens (tertiary/aromatic N) is 2. The Labute approximate surface area is 193 Å². The highest BCUT2D eigenvalue weighted by Gasteiger charge is 2.43. The van der Waals surface area contributed by atoms with Crippen LogP contribution in [-0.4, -0.2) is 26.8 Å². The van der Waals surface area contributed by atoms with Crippen molar-refractivity contribution < 1.29 is 23.1 Å². The van der Waals surface area contributed by atoms with Gasteiger partial charge in [0.1, 0.15) is 5.82 Å². The average Bonchev–Trinajstić information content (AvgIpc) is 2.79. The van der Waals surface area contributed by atoms with E-state index >= 15 is 0 Å². The molecule has 34 heavy (non-hydrogen) atoms. The van der Waals surface area contributed by atoms with Gasteiger partial charge in [-0.1, -0.05) is 24.3 Å². The fourth-order valence-corrected chi connectivity index (χ4v) is 4.39. The molecule has 1 aromatic heterocycles. The number of carbonyl (C=O) groups is 1. The molecule has 0 aliphatic heterocycles. The van der Waals surface area contributed by atoms with E-state index in [4.69, 9.17) is 0 Å². The molecule has 0 radical (unpaired) electrons. The van der Waals surface area contributed by atoms with Crippen molar-refractivity contribution in [3.05, 3.63) is 75.3 Å². The van der Waals surface area contributed by atoms with Crippen LogP contribution in [0.15, 0.2) is 47.3 Å². The van der Waals surface area contributed by atoms with E-state index < -0.39 is 23.7 Å². The second-order valence-electron chi connectivity index (χ2n) is 8.49. The van der Waals surface area contributed by atoms with Crippen molar-refractivity contribution in [1.82, 2.24) is 9.55 Å². The zero-order valence-corrected chi connectivity index (χ0v) is 18.7. The van der Waals surface area contributed by atoms with Gasteiger partial charge in [-0.3, -0.25) is 9.36 Å².